The van der Waals surface area contributed by atoms with E-state index in [9.17, 15) is 19.8 Å². The molecule has 0 radical (unpaired) electrons. The summed E-state index contributed by atoms with van der Waals surface area (Å²) in [5.74, 6) is -3.35. The Labute approximate surface area is 442 Å². The van der Waals surface area contributed by atoms with Crippen molar-refractivity contribution in [3.63, 3.8) is 0 Å². The first-order valence-corrected chi connectivity index (χ1v) is 26.3. The Kier molecular flexibility index (Phi) is 15.1. The van der Waals surface area contributed by atoms with Gasteiger partial charge in [-0.15, -0.1) is 0 Å². The van der Waals surface area contributed by atoms with Crippen molar-refractivity contribution < 1.29 is 57.8 Å². The zero-order chi connectivity index (χ0) is 54.7. The molecule has 1 aliphatic heterocycles. The third-order valence-corrected chi connectivity index (χ3v) is 16.8. The molecule has 13 nitrogen and oxygen atoms in total. The molecule has 13 heteroatoms. The van der Waals surface area contributed by atoms with Gasteiger partial charge in [0.1, 0.15) is 35.1 Å². The number of ether oxygens (including phenoxy) is 6. The van der Waals surface area contributed by atoms with Crippen LogP contribution in [0.25, 0.3) is 0 Å². The van der Waals surface area contributed by atoms with E-state index in [0.29, 0.717) is 11.1 Å². The van der Waals surface area contributed by atoms with Crippen molar-refractivity contribution in [3.05, 3.63) is 155 Å². The minimum Gasteiger partial charge on any atom is -0.456 e. The molecule has 1 amide bonds. The molecule has 4 aromatic carbocycles. The van der Waals surface area contributed by atoms with E-state index in [0.717, 1.165) is 11.1 Å². The van der Waals surface area contributed by atoms with Crippen LogP contribution in [0.1, 0.15) is 136 Å². The average Bonchev–Trinajstić information content (AvgIpc) is 3.35. The van der Waals surface area contributed by atoms with Gasteiger partial charge in [-0.25, -0.2) is 14.4 Å². The highest BCUT2D eigenvalue weighted by Gasteiger charge is 2.76. The summed E-state index contributed by atoms with van der Waals surface area (Å²) >= 11 is 0. The molecule has 402 valence electrons. The Balaban J connectivity index is 1.32. The van der Waals surface area contributed by atoms with Gasteiger partial charge < -0.3 is 44.0 Å². The molecule has 1 saturated heterocycles. The number of aliphatic hydroxyl groups excluding tert-OH is 1. The number of aliphatic hydroxyl groups is 2. The van der Waals surface area contributed by atoms with Gasteiger partial charge in [0.25, 0.3) is 0 Å². The first kappa shape index (κ1) is 55.5. The molecule has 4 aliphatic rings. The third kappa shape index (κ3) is 9.77. The lowest BCUT2D eigenvalue weighted by Crippen LogP contribution is -2.78. The highest BCUT2D eigenvalue weighted by Crippen LogP contribution is 2.68. The molecule has 3 aliphatic carbocycles. The maximum atomic E-state index is 16.0. The van der Waals surface area contributed by atoms with Gasteiger partial charge in [0.2, 0.25) is 0 Å². The van der Waals surface area contributed by atoms with E-state index in [4.69, 9.17) is 28.4 Å². The van der Waals surface area contributed by atoms with Crippen LogP contribution in [0.2, 0.25) is 0 Å². The fraction of sp³-hybridized carbons (Fsp3) is 0.516. The standard InChI is InChI=1S/C62H77NO12/c1-37(2)71-49(47(39-26-18-14-19-27-39)63-55(68)75-57(7,8)9)54(67)72-43-35-61(69)52(73-53(66)40-28-20-15-21-29-40)50-59(12)36-70-44(59)34-45(60(50,13)51(65)48(64)46(38(43)3)58(61,10)11)74-62(56(4,5)6,41-30-22-16-23-31-41)42-32-24-17-25-33-42/h14-33,37,43-45,47,49-52,65,69H,34-36H2,1-13H3,(H,63,68)/t43-,44+,45-,47-,49+,50+,51-,52-,59+,60+,61+/m0/s1. The van der Waals surface area contributed by atoms with E-state index in [1.54, 1.807) is 116 Å². The molecule has 1 heterocycles. The molecule has 0 spiro atoms. The molecule has 3 fully saturated rings. The maximum Gasteiger partial charge on any atom is 0.408 e. The minimum atomic E-state index is -2.19. The van der Waals surface area contributed by atoms with Gasteiger partial charge >= 0.3 is 18.0 Å². The summed E-state index contributed by atoms with van der Waals surface area (Å²) < 4.78 is 39.8. The Bertz CT molecular complexity index is 2710. The van der Waals surface area contributed by atoms with Crippen LogP contribution in [0, 0.1) is 27.6 Å². The molecule has 2 bridgehead atoms. The second-order valence-corrected chi connectivity index (χ2v) is 24.5. The molecular formula is C62H77NO12. The summed E-state index contributed by atoms with van der Waals surface area (Å²) in [4.78, 5) is 59.6. The second-order valence-electron chi connectivity index (χ2n) is 24.5. The van der Waals surface area contributed by atoms with E-state index in [2.05, 4.69) is 26.1 Å². The first-order chi connectivity index (χ1) is 35.1. The van der Waals surface area contributed by atoms with Crippen LogP contribution in [-0.2, 0) is 43.6 Å². The van der Waals surface area contributed by atoms with Gasteiger partial charge in [0.15, 0.2) is 11.9 Å². The van der Waals surface area contributed by atoms with Crippen molar-refractivity contribution >= 4 is 23.8 Å². The van der Waals surface area contributed by atoms with Crippen LogP contribution in [0.5, 0.6) is 0 Å². The van der Waals surface area contributed by atoms with Crippen molar-refractivity contribution in [1.82, 2.24) is 5.32 Å². The van der Waals surface area contributed by atoms with E-state index < -0.39 is 117 Å². The maximum absolute atomic E-state index is 16.0. The summed E-state index contributed by atoms with van der Waals surface area (Å²) in [5, 5.41) is 30.6. The van der Waals surface area contributed by atoms with Gasteiger partial charge in [-0.3, -0.25) is 4.79 Å². The van der Waals surface area contributed by atoms with Crippen LogP contribution < -0.4 is 5.32 Å². The number of ketones is 1. The van der Waals surface area contributed by atoms with Crippen molar-refractivity contribution in [2.24, 2.45) is 27.6 Å². The Morgan fingerprint density at radius 1 is 0.773 bits per heavy atom. The molecule has 3 N–H and O–H groups in total. The quantitative estimate of drug-likeness (QED) is 0.0855. The topological polar surface area (TPSA) is 176 Å². The lowest BCUT2D eigenvalue weighted by molar-refractivity contribution is -0.344. The van der Waals surface area contributed by atoms with Gasteiger partial charge in [-0.2, -0.15) is 0 Å². The predicted octanol–water partition coefficient (Wildman–Crippen LogP) is 10.4. The number of rotatable bonds is 13. The number of hydrogen-bond donors (Lipinski definition) is 3. The summed E-state index contributed by atoms with van der Waals surface area (Å²) in [6.45, 7) is 24.1. The van der Waals surface area contributed by atoms with Gasteiger partial charge in [-0.1, -0.05) is 158 Å². The lowest BCUT2D eigenvalue weighted by Gasteiger charge is -2.69. The highest BCUT2D eigenvalue weighted by molar-refractivity contribution is 6.02. The zero-order valence-corrected chi connectivity index (χ0v) is 45.8. The van der Waals surface area contributed by atoms with E-state index in [1.165, 1.54) is 0 Å². The van der Waals surface area contributed by atoms with Crippen molar-refractivity contribution in [1.29, 1.82) is 0 Å². The molecule has 8 rings (SSSR count). The Morgan fingerprint density at radius 2 is 1.31 bits per heavy atom. The number of alkyl carbamates (subject to hydrolysis) is 1. The smallest absolute Gasteiger partial charge is 0.408 e. The van der Waals surface area contributed by atoms with E-state index in [1.807, 2.05) is 74.5 Å². The van der Waals surface area contributed by atoms with Gasteiger partial charge in [0.05, 0.1) is 36.5 Å². The van der Waals surface area contributed by atoms with Crippen LogP contribution >= 0.6 is 0 Å². The van der Waals surface area contributed by atoms with Crippen molar-refractivity contribution in [2.45, 2.75) is 168 Å². The van der Waals surface area contributed by atoms with Crippen LogP contribution in [0.3, 0.4) is 0 Å². The number of nitrogens with one attached hydrogen (secondary N) is 1. The zero-order valence-electron chi connectivity index (χ0n) is 45.8. The van der Waals surface area contributed by atoms with Crippen LogP contribution in [0.15, 0.2) is 132 Å². The number of fused-ring (bicyclic) bond motifs is 5. The molecule has 75 heavy (non-hydrogen) atoms. The molecule has 2 saturated carbocycles. The number of amides is 1. The minimum absolute atomic E-state index is 0.0268. The summed E-state index contributed by atoms with van der Waals surface area (Å²) in [7, 11) is 0. The molecular weight excluding hydrogens is 951 g/mol. The second kappa shape index (κ2) is 20.3. The highest BCUT2D eigenvalue weighted by atomic mass is 16.6. The van der Waals surface area contributed by atoms with Gasteiger partial charge in [0, 0.05) is 40.6 Å². The molecule has 0 aromatic heterocycles. The van der Waals surface area contributed by atoms with Crippen LogP contribution in [-0.4, -0.2) is 94.6 Å². The monoisotopic (exact) mass is 1030 g/mol. The van der Waals surface area contributed by atoms with E-state index in [-0.39, 0.29) is 30.6 Å². The first-order valence-electron chi connectivity index (χ1n) is 26.3. The predicted molar refractivity (Wildman–Crippen MR) is 283 cm³/mol. The normalized spacial score (nSPS) is 29.3. The lowest BCUT2D eigenvalue weighted by atomic mass is 9.42. The van der Waals surface area contributed by atoms with Gasteiger partial charge in [-0.05, 0) is 81.4 Å². The molecule has 0 unspecified atom stereocenters. The molecule has 11 atom stereocenters. The number of benzene rings is 4. The Morgan fingerprint density at radius 3 is 1.80 bits per heavy atom. The Hall–Kier alpha value is -5.70. The van der Waals surface area contributed by atoms with E-state index >= 15 is 9.59 Å². The number of carbonyl (C=O) groups is 4. The fourth-order valence-corrected chi connectivity index (χ4v) is 13.0. The summed E-state index contributed by atoms with van der Waals surface area (Å²) in [6, 6.07) is 36.0. The number of carbonyl (C=O) groups excluding carboxylic acids is 4. The number of Topliss-reactive ketones (excluding diaryl/α,β-unsaturated/α-hetero) is 1. The third-order valence-electron chi connectivity index (χ3n) is 16.8. The van der Waals surface area contributed by atoms with Crippen molar-refractivity contribution in [3.8, 4) is 0 Å². The molecule has 4 aromatic rings. The SMILES string of the molecule is CC1=C2C(=O)[C@H](O)[C@]3(C)[C@@H](OC(c4ccccc4)(c4ccccc4)C(C)(C)C)C[C@H]4OC[C@@]4(C)[C@H]3[C@H](OC(=O)c3ccccc3)[C@](O)(C[C@@H]1OC(=O)[C@H](OC(C)C)[C@@H](NC(=O)OC(C)(C)C)c1ccccc1)C2(C)C. The summed E-state index contributed by atoms with van der Waals surface area (Å²) in [6.07, 6.45) is -9.07. The summed E-state index contributed by atoms with van der Waals surface area (Å²) in [5.41, 5.74) is -6.23. The van der Waals surface area contributed by atoms with Crippen molar-refractivity contribution in [2.75, 3.05) is 6.61 Å². The van der Waals surface area contributed by atoms with Crippen LogP contribution in [0.4, 0.5) is 4.79 Å². The fourth-order valence-electron chi connectivity index (χ4n) is 13.0. The largest absolute Gasteiger partial charge is 0.456 e. The average molecular weight is 1030 g/mol. The number of hydrogen-bond acceptors (Lipinski definition) is 12. The number of esters is 2.